The molecule has 2 aromatic carbocycles. The molecule has 1 N–H and O–H groups in total. The van der Waals surface area contributed by atoms with E-state index < -0.39 is 0 Å². The van der Waals surface area contributed by atoms with E-state index in [1.54, 1.807) is 13.2 Å². The second kappa shape index (κ2) is 8.32. The van der Waals surface area contributed by atoms with Gasteiger partial charge in [-0.2, -0.15) is 0 Å². The van der Waals surface area contributed by atoms with Crippen LogP contribution in [-0.2, 0) is 4.79 Å². The van der Waals surface area contributed by atoms with Gasteiger partial charge in [0.15, 0.2) is 0 Å². The molecule has 3 aromatic rings. The molecule has 3 rings (SSSR count). The maximum absolute atomic E-state index is 12.0. The first-order valence-corrected chi connectivity index (χ1v) is 8.73. The Labute approximate surface area is 159 Å². The fraction of sp³-hybridized carbons (Fsp3) is 0.130. The number of carbonyl (C=O) groups excluding carboxylic acids is 1. The predicted molar refractivity (Wildman–Crippen MR) is 110 cm³/mol. The summed E-state index contributed by atoms with van der Waals surface area (Å²) in [6, 6.07) is 21.4. The molecule has 1 amide bonds. The van der Waals surface area contributed by atoms with Gasteiger partial charge in [0.05, 0.1) is 18.5 Å². The first-order valence-electron chi connectivity index (χ1n) is 8.73. The lowest BCUT2D eigenvalue weighted by Gasteiger charge is -2.10. The van der Waals surface area contributed by atoms with Crippen LogP contribution in [0.15, 0.2) is 78.4 Å². The summed E-state index contributed by atoms with van der Waals surface area (Å²) >= 11 is 0. The Hall–Kier alpha value is -3.40. The third-order valence-electron chi connectivity index (χ3n) is 3.98. The van der Waals surface area contributed by atoms with Crippen molar-refractivity contribution in [2.45, 2.75) is 13.8 Å². The highest BCUT2D eigenvalue weighted by atomic mass is 16.5. The molecule has 0 atom stereocenters. The first-order chi connectivity index (χ1) is 13.1. The molecule has 1 aromatic heterocycles. The van der Waals surface area contributed by atoms with Crippen molar-refractivity contribution in [3.8, 4) is 28.3 Å². The smallest absolute Gasteiger partial charge is 0.248 e. The molecule has 0 spiro atoms. The Bertz CT molecular complexity index is 989. The lowest BCUT2D eigenvalue weighted by atomic mass is 10.1. The van der Waals surface area contributed by atoms with Crippen LogP contribution in [0.1, 0.15) is 13.8 Å². The van der Waals surface area contributed by atoms with E-state index in [9.17, 15) is 4.79 Å². The molecule has 1 heterocycles. The number of rotatable bonds is 5. The van der Waals surface area contributed by atoms with Crippen LogP contribution in [0.5, 0.6) is 5.75 Å². The van der Waals surface area contributed by atoms with Gasteiger partial charge in [0.2, 0.25) is 5.91 Å². The highest BCUT2D eigenvalue weighted by Gasteiger charge is 2.09. The normalized spacial score (nSPS) is 10.2. The van der Waals surface area contributed by atoms with Gasteiger partial charge in [0.25, 0.3) is 0 Å². The number of nitrogens with one attached hydrogen (secondary N) is 1. The summed E-state index contributed by atoms with van der Waals surface area (Å²) in [5.74, 6) is 0.646. The molecule has 0 aliphatic rings. The van der Waals surface area contributed by atoms with Crippen LogP contribution >= 0.6 is 0 Å². The highest BCUT2D eigenvalue weighted by Crippen LogP contribution is 2.30. The third-order valence-corrected chi connectivity index (χ3v) is 3.98. The van der Waals surface area contributed by atoms with E-state index in [0.29, 0.717) is 0 Å². The van der Waals surface area contributed by atoms with Gasteiger partial charge in [0, 0.05) is 22.9 Å². The van der Waals surface area contributed by atoms with Gasteiger partial charge in [-0.25, -0.2) is 4.98 Å². The molecule has 0 saturated carbocycles. The molecule has 0 saturated heterocycles. The van der Waals surface area contributed by atoms with Crippen LogP contribution in [-0.4, -0.2) is 18.0 Å². The summed E-state index contributed by atoms with van der Waals surface area (Å²) in [5, 5.41) is 2.88. The van der Waals surface area contributed by atoms with Gasteiger partial charge in [-0.05, 0) is 50.2 Å². The van der Waals surface area contributed by atoms with Crippen molar-refractivity contribution in [3.05, 3.63) is 78.4 Å². The van der Waals surface area contributed by atoms with Gasteiger partial charge in [-0.3, -0.25) is 4.79 Å². The number of anilines is 1. The van der Waals surface area contributed by atoms with Crippen LogP contribution in [0.2, 0.25) is 0 Å². The van der Waals surface area contributed by atoms with Gasteiger partial charge in [-0.1, -0.05) is 35.9 Å². The van der Waals surface area contributed by atoms with Crippen LogP contribution in [0, 0.1) is 0 Å². The highest BCUT2D eigenvalue weighted by molar-refractivity contribution is 6.00. The topological polar surface area (TPSA) is 51.2 Å². The molecule has 4 heteroatoms. The zero-order chi connectivity index (χ0) is 19.2. The summed E-state index contributed by atoms with van der Waals surface area (Å²) in [7, 11) is 1.65. The fourth-order valence-corrected chi connectivity index (χ4v) is 2.80. The Morgan fingerprint density at radius 3 is 2.48 bits per heavy atom. The number of para-hydroxylation sites is 1. The Kier molecular flexibility index (Phi) is 5.67. The van der Waals surface area contributed by atoms with Crippen LogP contribution in [0.25, 0.3) is 22.5 Å². The van der Waals surface area contributed by atoms with Crippen molar-refractivity contribution in [1.29, 1.82) is 0 Å². The van der Waals surface area contributed by atoms with E-state index in [1.807, 2.05) is 80.6 Å². The largest absolute Gasteiger partial charge is 0.496 e. The number of carbonyl (C=O) groups is 1. The Morgan fingerprint density at radius 2 is 1.70 bits per heavy atom. The number of hydrogen-bond acceptors (Lipinski definition) is 3. The number of hydrogen-bond donors (Lipinski definition) is 1. The predicted octanol–water partition coefficient (Wildman–Crippen LogP) is 5.33. The molecule has 0 aliphatic heterocycles. The minimum absolute atomic E-state index is 0.136. The van der Waals surface area contributed by atoms with Gasteiger partial charge in [0.1, 0.15) is 5.75 Å². The molecule has 0 radical (unpaired) electrons. The monoisotopic (exact) mass is 358 g/mol. The molecule has 136 valence electrons. The van der Waals surface area contributed by atoms with Crippen molar-refractivity contribution in [3.63, 3.8) is 0 Å². The zero-order valence-electron chi connectivity index (χ0n) is 15.7. The van der Waals surface area contributed by atoms with Crippen LogP contribution < -0.4 is 10.1 Å². The number of methoxy groups -OCH3 is 1. The van der Waals surface area contributed by atoms with E-state index in [-0.39, 0.29) is 5.91 Å². The maximum atomic E-state index is 12.0. The van der Waals surface area contributed by atoms with E-state index >= 15 is 0 Å². The van der Waals surface area contributed by atoms with Crippen molar-refractivity contribution < 1.29 is 9.53 Å². The second-order valence-corrected chi connectivity index (χ2v) is 6.40. The summed E-state index contributed by atoms with van der Waals surface area (Å²) in [4.78, 5) is 16.7. The molecule has 0 unspecified atom stereocenters. The maximum Gasteiger partial charge on any atom is 0.248 e. The molecule has 27 heavy (non-hydrogen) atoms. The Balaban J connectivity index is 1.93. The molecule has 0 aliphatic carbocycles. The van der Waals surface area contributed by atoms with E-state index in [2.05, 4.69) is 5.32 Å². The first kappa shape index (κ1) is 18.4. The van der Waals surface area contributed by atoms with E-state index in [4.69, 9.17) is 9.72 Å². The molecule has 0 bridgehead atoms. The van der Waals surface area contributed by atoms with Crippen molar-refractivity contribution in [2.75, 3.05) is 12.4 Å². The van der Waals surface area contributed by atoms with Crippen molar-refractivity contribution >= 4 is 11.6 Å². The molecular formula is C23H22N2O2. The third kappa shape index (κ3) is 4.61. The minimum atomic E-state index is -0.136. The number of pyridine rings is 1. The van der Waals surface area contributed by atoms with Crippen molar-refractivity contribution in [2.24, 2.45) is 0 Å². The summed E-state index contributed by atoms with van der Waals surface area (Å²) in [5.41, 5.74) is 5.23. The van der Waals surface area contributed by atoms with E-state index in [1.165, 1.54) is 0 Å². The number of benzene rings is 2. The standard InChI is InChI=1S/C23H22N2O2/c1-16(2)14-23(26)24-18-9-6-8-17(15-18)20-11-7-12-21(25-20)19-10-4-5-13-22(19)27-3/h4-15H,1-3H3,(H,24,26). The van der Waals surface area contributed by atoms with Crippen LogP contribution in [0.4, 0.5) is 5.69 Å². The molecule has 4 nitrogen and oxygen atoms in total. The van der Waals surface area contributed by atoms with Gasteiger partial charge >= 0.3 is 0 Å². The Morgan fingerprint density at radius 1 is 0.963 bits per heavy atom. The quantitative estimate of drug-likeness (QED) is 0.627. The summed E-state index contributed by atoms with van der Waals surface area (Å²) in [6.07, 6.45) is 1.58. The fourth-order valence-electron chi connectivity index (χ4n) is 2.80. The summed E-state index contributed by atoms with van der Waals surface area (Å²) in [6.45, 7) is 3.78. The van der Waals surface area contributed by atoms with Gasteiger partial charge < -0.3 is 10.1 Å². The lowest BCUT2D eigenvalue weighted by molar-refractivity contribution is -0.111. The number of aromatic nitrogens is 1. The van der Waals surface area contributed by atoms with Crippen LogP contribution in [0.3, 0.4) is 0 Å². The number of nitrogens with zero attached hydrogens (tertiary/aromatic N) is 1. The van der Waals surface area contributed by atoms with Crippen molar-refractivity contribution in [1.82, 2.24) is 4.98 Å². The van der Waals surface area contributed by atoms with Gasteiger partial charge in [-0.15, -0.1) is 0 Å². The number of amides is 1. The minimum Gasteiger partial charge on any atom is -0.496 e. The second-order valence-electron chi connectivity index (χ2n) is 6.40. The number of allylic oxidation sites excluding steroid dienone is 1. The zero-order valence-corrected chi connectivity index (χ0v) is 15.7. The average Bonchev–Trinajstić information content (AvgIpc) is 2.67. The molecular weight excluding hydrogens is 336 g/mol. The SMILES string of the molecule is COc1ccccc1-c1cccc(-c2cccc(NC(=O)C=C(C)C)c2)n1. The summed E-state index contributed by atoms with van der Waals surface area (Å²) < 4.78 is 5.45. The average molecular weight is 358 g/mol. The molecule has 0 fully saturated rings. The number of ether oxygens (including phenoxy) is 1. The lowest BCUT2D eigenvalue weighted by Crippen LogP contribution is -2.08. The van der Waals surface area contributed by atoms with E-state index in [0.717, 1.165) is 39.5 Å².